The third-order valence-electron chi connectivity index (χ3n) is 4.55. The van der Waals surface area contributed by atoms with Crippen LogP contribution in [0, 0.1) is 13.8 Å². The van der Waals surface area contributed by atoms with Gasteiger partial charge in [-0.05, 0) is 74.1 Å². The van der Waals surface area contributed by atoms with E-state index in [1.54, 1.807) is 23.0 Å². The van der Waals surface area contributed by atoms with E-state index in [0.717, 1.165) is 32.4 Å². The maximum atomic E-state index is 12.4. The molecule has 0 saturated heterocycles. The molecule has 4 rings (SSSR count). The number of anilines is 1. The fraction of sp³-hybridized carbons (Fsp3) is 0.0909. The number of carbonyl (C=O) groups excluding carboxylic acids is 1. The molecule has 1 aromatic heterocycles. The molecule has 0 aliphatic heterocycles. The van der Waals surface area contributed by atoms with E-state index < -0.39 is 0 Å². The average Bonchev–Trinajstić information content (AvgIpc) is 3.11. The Morgan fingerprint density at radius 3 is 2.40 bits per heavy atom. The minimum absolute atomic E-state index is 0.216. The number of nitrogens with one attached hydrogen (secondary N) is 2. The fourth-order valence-electron chi connectivity index (χ4n) is 2.95. The first-order valence-corrected chi connectivity index (χ1v) is 10.4. The number of nitrogens with zero attached hydrogens (tertiary/aromatic N) is 3. The summed E-state index contributed by atoms with van der Waals surface area (Å²) in [7, 11) is 0. The third kappa shape index (κ3) is 4.39. The number of amides is 1. The van der Waals surface area contributed by atoms with E-state index in [-0.39, 0.29) is 11.0 Å². The number of aryl methyl sites for hydroxylation is 2. The molecule has 2 N–H and O–H groups in total. The molecule has 1 amide bonds. The largest absolute Gasteiger partial charge is 0.332 e. The Kier molecular flexibility index (Phi) is 5.61. The summed E-state index contributed by atoms with van der Waals surface area (Å²) >= 11 is 8.69. The highest BCUT2D eigenvalue weighted by Gasteiger charge is 2.12. The molecule has 0 fully saturated rings. The number of hydrogen-bond acceptors (Lipinski definition) is 4. The number of rotatable bonds is 3. The van der Waals surface area contributed by atoms with Crippen LogP contribution in [0.15, 0.2) is 65.1 Å². The zero-order valence-electron chi connectivity index (χ0n) is 16.3. The first-order valence-electron chi connectivity index (χ1n) is 9.22. The molecule has 0 aliphatic rings. The standard InChI is InChI=1S/C22H18BrN5OS/c1-13-6-8-17(9-7-13)28-26-19-10-14(2)18(12-20(19)27-28)24-22(30)25-21(29)15-4-3-5-16(23)11-15/h3-12H,1-2H3,(H2,24,25,29,30). The summed E-state index contributed by atoms with van der Waals surface area (Å²) in [6.07, 6.45) is 0. The SMILES string of the molecule is Cc1ccc(-n2nc3cc(C)c(NC(=S)NC(=O)c4cccc(Br)c4)cc3n2)cc1. The van der Waals surface area contributed by atoms with Gasteiger partial charge in [-0.1, -0.05) is 39.7 Å². The third-order valence-corrected chi connectivity index (χ3v) is 5.25. The van der Waals surface area contributed by atoms with E-state index >= 15 is 0 Å². The van der Waals surface area contributed by atoms with Crippen molar-refractivity contribution in [3.63, 3.8) is 0 Å². The highest BCUT2D eigenvalue weighted by molar-refractivity contribution is 9.10. The van der Waals surface area contributed by atoms with Gasteiger partial charge in [0.25, 0.3) is 5.91 Å². The molecular weight excluding hydrogens is 462 g/mol. The van der Waals surface area contributed by atoms with Gasteiger partial charge >= 0.3 is 0 Å². The number of carbonyl (C=O) groups is 1. The van der Waals surface area contributed by atoms with Crippen LogP contribution in [-0.2, 0) is 0 Å². The van der Waals surface area contributed by atoms with Crippen LogP contribution in [0.4, 0.5) is 5.69 Å². The van der Waals surface area contributed by atoms with Crippen LogP contribution in [0.2, 0.25) is 0 Å². The lowest BCUT2D eigenvalue weighted by Crippen LogP contribution is -2.34. The molecule has 0 spiro atoms. The van der Waals surface area contributed by atoms with Crippen molar-refractivity contribution in [3.8, 4) is 5.69 Å². The lowest BCUT2D eigenvalue weighted by molar-refractivity contribution is 0.0977. The Hall–Kier alpha value is -3.10. The molecule has 30 heavy (non-hydrogen) atoms. The van der Waals surface area contributed by atoms with Crippen molar-refractivity contribution < 1.29 is 4.79 Å². The van der Waals surface area contributed by atoms with Crippen LogP contribution in [0.1, 0.15) is 21.5 Å². The van der Waals surface area contributed by atoms with E-state index in [2.05, 4.69) is 36.8 Å². The molecule has 4 aromatic rings. The van der Waals surface area contributed by atoms with Crippen molar-refractivity contribution in [1.82, 2.24) is 20.3 Å². The second-order valence-corrected chi connectivity index (χ2v) is 8.22. The molecule has 0 radical (unpaired) electrons. The van der Waals surface area contributed by atoms with E-state index in [4.69, 9.17) is 12.2 Å². The fourth-order valence-corrected chi connectivity index (χ4v) is 3.56. The zero-order chi connectivity index (χ0) is 21.3. The molecule has 0 bridgehead atoms. The summed E-state index contributed by atoms with van der Waals surface area (Å²) in [6.45, 7) is 3.99. The van der Waals surface area contributed by atoms with Gasteiger partial charge < -0.3 is 5.32 Å². The van der Waals surface area contributed by atoms with Crippen molar-refractivity contribution in [2.24, 2.45) is 0 Å². The van der Waals surface area contributed by atoms with Gasteiger partial charge in [0.2, 0.25) is 0 Å². The van der Waals surface area contributed by atoms with Gasteiger partial charge in [0.15, 0.2) is 5.11 Å². The minimum Gasteiger partial charge on any atom is -0.332 e. The highest BCUT2D eigenvalue weighted by Crippen LogP contribution is 2.22. The summed E-state index contributed by atoms with van der Waals surface area (Å²) in [6, 6.07) is 18.9. The van der Waals surface area contributed by atoms with Crippen molar-refractivity contribution in [3.05, 3.63) is 81.8 Å². The molecule has 6 nitrogen and oxygen atoms in total. The van der Waals surface area contributed by atoms with Gasteiger partial charge in [-0.15, -0.1) is 10.2 Å². The molecule has 0 atom stereocenters. The normalized spacial score (nSPS) is 10.8. The first kappa shape index (κ1) is 20.2. The Balaban J connectivity index is 1.53. The molecule has 0 saturated carbocycles. The van der Waals surface area contributed by atoms with Crippen LogP contribution in [-0.4, -0.2) is 26.0 Å². The molecule has 1 heterocycles. The molecular formula is C22H18BrN5OS. The minimum atomic E-state index is -0.280. The van der Waals surface area contributed by atoms with Crippen LogP contribution in [0.25, 0.3) is 16.7 Å². The van der Waals surface area contributed by atoms with E-state index in [1.165, 1.54) is 5.56 Å². The molecule has 0 unspecified atom stereocenters. The van der Waals surface area contributed by atoms with E-state index in [9.17, 15) is 4.79 Å². The topological polar surface area (TPSA) is 71.8 Å². The number of hydrogen-bond donors (Lipinski definition) is 2. The van der Waals surface area contributed by atoms with Crippen LogP contribution >= 0.6 is 28.1 Å². The second-order valence-electron chi connectivity index (χ2n) is 6.90. The number of halogens is 1. The van der Waals surface area contributed by atoms with Crippen molar-refractivity contribution >= 4 is 55.9 Å². The van der Waals surface area contributed by atoms with Crippen molar-refractivity contribution in [2.75, 3.05) is 5.32 Å². The summed E-state index contributed by atoms with van der Waals surface area (Å²) < 4.78 is 0.826. The van der Waals surface area contributed by atoms with Gasteiger partial charge in [-0.2, -0.15) is 4.80 Å². The highest BCUT2D eigenvalue weighted by atomic mass is 79.9. The van der Waals surface area contributed by atoms with Gasteiger partial charge in [-0.25, -0.2) is 0 Å². The zero-order valence-corrected chi connectivity index (χ0v) is 18.7. The number of benzene rings is 3. The van der Waals surface area contributed by atoms with Gasteiger partial charge in [-0.3, -0.25) is 10.1 Å². The Labute approximate surface area is 187 Å². The summed E-state index contributed by atoms with van der Waals surface area (Å²) in [5, 5.41) is 15.1. The van der Waals surface area contributed by atoms with Gasteiger partial charge in [0.1, 0.15) is 11.0 Å². The Morgan fingerprint density at radius 1 is 1.00 bits per heavy atom. The molecule has 0 aliphatic carbocycles. The maximum absolute atomic E-state index is 12.4. The Bertz CT molecular complexity index is 1270. The van der Waals surface area contributed by atoms with E-state index in [0.29, 0.717) is 5.56 Å². The summed E-state index contributed by atoms with van der Waals surface area (Å²) in [5.41, 5.74) is 5.79. The maximum Gasteiger partial charge on any atom is 0.257 e. The van der Waals surface area contributed by atoms with Crippen LogP contribution in [0.5, 0.6) is 0 Å². The average molecular weight is 480 g/mol. The monoisotopic (exact) mass is 479 g/mol. The van der Waals surface area contributed by atoms with Crippen molar-refractivity contribution in [1.29, 1.82) is 0 Å². The quantitative estimate of drug-likeness (QED) is 0.407. The number of aromatic nitrogens is 3. The lowest BCUT2D eigenvalue weighted by Gasteiger charge is -2.11. The molecule has 8 heteroatoms. The lowest BCUT2D eigenvalue weighted by atomic mass is 10.2. The van der Waals surface area contributed by atoms with Gasteiger partial charge in [0, 0.05) is 15.7 Å². The summed E-state index contributed by atoms with van der Waals surface area (Å²) in [4.78, 5) is 14.0. The first-order chi connectivity index (χ1) is 14.4. The molecule has 150 valence electrons. The second kappa shape index (κ2) is 8.33. The Morgan fingerprint density at radius 2 is 1.70 bits per heavy atom. The van der Waals surface area contributed by atoms with Gasteiger partial charge in [0.05, 0.1) is 5.69 Å². The summed E-state index contributed by atoms with van der Waals surface area (Å²) in [5.74, 6) is -0.280. The van der Waals surface area contributed by atoms with E-state index in [1.807, 2.05) is 56.3 Å². The molecule has 3 aromatic carbocycles. The predicted molar refractivity (Wildman–Crippen MR) is 126 cm³/mol. The smallest absolute Gasteiger partial charge is 0.257 e. The van der Waals surface area contributed by atoms with Crippen LogP contribution in [0.3, 0.4) is 0 Å². The predicted octanol–water partition coefficient (Wildman–Crippen LogP) is 4.93. The van der Waals surface area contributed by atoms with Crippen molar-refractivity contribution in [2.45, 2.75) is 13.8 Å². The number of fused-ring (bicyclic) bond motifs is 1. The number of thiocarbonyl (C=S) groups is 1. The van der Waals surface area contributed by atoms with Crippen LogP contribution < -0.4 is 10.6 Å².